The van der Waals surface area contributed by atoms with Crippen LogP contribution in [0.3, 0.4) is 0 Å². The third-order valence-electron chi connectivity index (χ3n) is 7.08. The lowest BCUT2D eigenvalue weighted by Crippen LogP contribution is -2.34. The van der Waals surface area contributed by atoms with Gasteiger partial charge < -0.3 is 14.8 Å². The Morgan fingerprint density at radius 3 is 2.44 bits per heavy atom. The van der Waals surface area contributed by atoms with Crippen LogP contribution in [0.4, 0.5) is 10.5 Å². The summed E-state index contributed by atoms with van der Waals surface area (Å²) < 4.78 is 11.9. The van der Waals surface area contributed by atoms with E-state index in [0.29, 0.717) is 39.6 Å². The third kappa shape index (κ3) is 8.35. The number of tetrazole rings is 1. The lowest BCUT2D eigenvalue weighted by Gasteiger charge is -2.20. The molecule has 0 aliphatic carbocycles. The van der Waals surface area contributed by atoms with Gasteiger partial charge in [-0.2, -0.15) is 9.78 Å². The Hall–Kier alpha value is -6.15. The van der Waals surface area contributed by atoms with E-state index in [1.54, 1.807) is 54.6 Å². The van der Waals surface area contributed by atoms with Gasteiger partial charge in [0.1, 0.15) is 12.9 Å². The van der Waals surface area contributed by atoms with Crippen LogP contribution in [0.2, 0.25) is 5.02 Å². The van der Waals surface area contributed by atoms with Crippen LogP contribution in [-0.2, 0) is 32.0 Å². The minimum atomic E-state index is -0.744. The van der Waals surface area contributed by atoms with Gasteiger partial charge in [0.15, 0.2) is 0 Å². The van der Waals surface area contributed by atoms with Crippen LogP contribution in [-0.4, -0.2) is 62.2 Å². The molecule has 0 radical (unpaired) electrons. The number of carbonyl (C=O) groups is 3. The number of nitrogens with zero attached hydrogens (tertiary/aromatic N) is 6. The van der Waals surface area contributed by atoms with Gasteiger partial charge in [0.05, 0.1) is 37.2 Å². The van der Waals surface area contributed by atoms with Crippen LogP contribution in [0.5, 0.6) is 0 Å². The van der Waals surface area contributed by atoms with Crippen LogP contribution >= 0.6 is 11.6 Å². The van der Waals surface area contributed by atoms with E-state index in [2.05, 4.69) is 36.0 Å². The number of ether oxygens (including phenoxy) is 2. The summed E-state index contributed by atoms with van der Waals surface area (Å²) in [7, 11) is 2.46. The number of aromatic nitrogens is 6. The van der Waals surface area contributed by atoms with Crippen molar-refractivity contribution < 1.29 is 23.9 Å². The van der Waals surface area contributed by atoms with Crippen LogP contribution in [0, 0.1) is 0 Å². The Balaban J connectivity index is 1.52. The lowest BCUT2D eigenvalue weighted by atomic mass is 10.00. The van der Waals surface area contributed by atoms with Gasteiger partial charge in [0, 0.05) is 22.3 Å². The van der Waals surface area contributed by atoms with Gasteiger partial charge in [0.25, 0.3) is 5.56 Å². The van der Waals surface area contributed by atoms with Crippen LogP contribution < -0.4 is 16.2 Å². The summed E-state index contributed by atoms with van der Waals surface area (Å²) in [5.41, 5.74) is 2.96. The van der Waals surface area contributed by atoms with Crippen LogP contribution in [0.15, 0.2) is 96.1 Å². The Labute approximate surface area is 278 Å². The fourth-order valence-corrected chi connectivity index (χ4v) is 4.92. The molecular formula is C33H29ClN8O6. The number of halogens is 1. The number of benzene rings is 3. The van der Waals surface area contributed by atoms with E-state index in [0.717, 1.165) is 10.2 Å². The highest BCUT2D eigenvalue weighted by Gasteiger charge is 2.21. The first-order valence-electron chi connectivity index (χ1n) is 14.4. The van der Waals surface area contributed by atoms with Gasteiger partial charge in [-0.25, -0.2) is 9.48 Å². The maximum absolute atomic E-state index is 13.6. The molecule has 0 spiro atoms. The molecule has 0 saturated carbocycles. The molecule has 1 atom stereocenters. The molecule has 2 heterocycles. The van der Waals surface area contributed by atoms with E-state index in [1.807, 2.05) is 30.3 Å². The molecule has 3 aromatic carbocycles. The number of esters is 1. The molecule has 15 heteroatoms. The summed E-state index contributed by atoms with van der Waals surface area (Å²) in [6.07, 6.45) is 4.00. The molecular weight excluding hydrogens is 640 g/mol. The molecule has 14 nitrogen and oxygen atoms in total. The van der Waals surface area contributed by atoms with Crippen molar-refractivity contribution in [2.75, 3.05) is 19.5 Å². The summed E-state index contributed by atoms with van der Waals surface area (Å²) in [4.78, 5) is 51.0. The van der Waals surface area contributed by atoms with Crippen molar-refractivity contribution in [1.82, 2.24) is 35.3 Å². The zero-order valence-electron chi connectivity index (χ0n) is 25.7. The first-order valence-corrected chi connectivity index (χ1v) is 14.8. The Morgan fingerprint density at radius 2 is 1.75 bits per heavy atom. The smallest absolute Gasteiger partial charge is 0.411 e. The SMILES string of the molecule is COC(=O)Cn1nc([C@H](Cc2ccccc2)NC(=O)C=Cc2cc(Cl)ccc2-n2cnnn2)cc(-c2ccc(NC(=O)OC)cc2)c1=O. The van der Waals surface area contributed by atoms with Gasteiger partial charge in [-0.1, -0.05) is 54.1 Å². The van der Waals surface area contributed by atoms with Crippen molar-refractivity contribution in [3.63, 3.8) is 0 Å². The van der Waals surface area contributed by atoms with Gasteiger partial charge in [-0.3, -0.25) is 19.7 Å². The molecule has 0 aliphatic rings. The number of nitrogens with one attached hydrogen (secondary N) is 2. The molecule has 48 heavy (non-hydrogen) atoms. The highest BCUT2D eigenvalue weighted by atomic mass is 35.5. The maximum Gasteiger partial charge on any atom is 0.411 e. The Bertz CT molecular complexity index is 2000. The monoisotopic (exact) mass is 668 g/mol. The van der Waals surface area contributed by atoms with E-state index in [-0.39, 0.29) is 5.56 Å². The zero-order chi connectivity index (χ0) is 34.0. The Kier molecular flexibility index (Phi) is 10.7. The second-order valence-electron chi connectivity index (χ2n) is 10.3. The van der Waals surface area contributed by atoms with Crippen molar-refractivity contribution in [2.45, 2.75) is 19.0 Å². The predicted octanol–water partition coefficient (Wildman–Crippen LogP) is 4.00. The second kappa shape index (κ2) is 15.4. The van der Waals surface area contributed by atoms with Gasteiger partial charge in [-0.05, 0) is 70.4 Å². The average Bonchev–Trinajstić information content (AvgIpc) is 3.64. The van der Waals surface area contributed by atoms with Crippen molar-refractivity contribution in [2.24, 2.45) is 0 Å². The third-order valence-corrected chi connectivity index (χ3v) is 7.32. The van der Waals surface area contributed by atoms with E-state index >= 15 is 0 Å². The number of carbonyl (C=O) groups excluding carboxylic acids is 3. The van der Waals surface area contributed by atoms with Crippen molar-refractivity contribution in [3.05, 3.63) is 123 Å². The van der Waals surface area contributed by atoms with Crippen LogP contribution in [0.25, 0.3) is 22.9 Å². The van der Waals surface area contributed by atoms with E-state index < -0.39 is 36.1 Å². The zero-order valence-corrected chi connectivity index (χ0v) is 26.5. The first-order chi connectivity index (χ1) is 23.2. The number of amides is 2. The minimum Gasteiger partial charge on any atom is -0.468 e. The summed E-state index contributed by atoms with van der Waals surface area (Å²) in [5, 5.41) is 21.7. The second-order valence-corrected chi connectivity index (χ2v) is 10.7. The molecule has 244 valence electrons. The van der Waals surface area contributed by atoms with Crippen LogP contribution in [0.1, 0.15) is 22.9 Å². The van der Waals surface area contributed by atoms with Crippen molar-refractivity contribution in [1.29, 1.82) is 0 Å². The lowest BCUT2D eigenvalue weighted by molar-refractivity contribution is -0.141. The number of methoxy groups -OCH3 is 2. The Morgan fingerprint density at radius 1 is 0.979 bits per heavy atom. The van der Waals surface area contributed by atoms with E-state index in [1.165, 1.54) is 31.3 Å². The van der Waals surface area contributed by atoms with Gasteiger partial charge in [-0.15, -0.1) is 5.10 Å². The van der Waals surface area contributed by atoms with Gasteiger partial charge in [0.2, 0.25) is 5.91 Å². The molecule has 0 bridgehead atoms. The molecule has 2 N–H and O–H groups in total. The standard InChI is InChI=1S/C33H29ClN8O6/c1-47-31(44)19-41-32(45)26(22-8-12-25(13-9-22)36-33(46)48-2)18-28(38-41)27(16-21-6-4-3-5-7-21)37-30(43)15-10-23-17-24(34)11-14-29(23)42-20-35-39-40-42/h3-15,17-18,20,27H,16,19H2,1-2H3,(H,36,46)(H,37,43)/t27-/m0/s1. The normalized spacial score (nSPS) is 11.6. The molecule has 0 fully saturated rings. The summed E-state index contributed by atoms with van der Waals surface area (Å²) in [6.45, 7) is -0.460. The van der Waals surface area contributed by atoms with Crippen molar-refractivity contribution in [3.8, 4) is 16.8 Å². The molecule has 5 aromatic rings. The quantitative estimate of drug-likeness (QED) is 0.155. The van der Waals surface area contributed by atoms with E-state index in [4.69, 9.17) is 16.3 Å². The van der Waals surface area contributed by atoms with Crippen molar-refractivity contribution >= 4 is 41.3 Å². The molecule has 2 aromatic heterocycles. The topological polar surface area (TPSA) is 172 Å². The van der Waals surface area contributed by atoms with E-state index in [9.17, 15) is 19.2 Å². The maximum atomic E-state index is 13.6. The molecule has 0 aliphatic heterocycles. The molecule has 0 unspecified atom stereocenters. The largest absolute Gasteiger partial charge is 0.468 e. The highest BCUT2D eigenvalue weighted by molar-refractivity contribution is 6.30. The molecule has 2 amide bonds. The first kappa shape index (κ1) is 33.2. The summed E-state index contributed by atoms with van der Waals surface area (Å²) >= 11 is 6.24. The number of hydrogen-bond donors (Lipinski definition) is 2. The summed E-state index contributed by atoms with van der Waals surface area (Å²) in [6, 6.07) is 21.8. The average molecular weight is 669 g/mol. The molecule has 5 rings (SSSR count). The minimum absolute atomic E-state index is 0.210. The number of rotatable bonds is 11. The summed E-state index contributed by atoms with van der Waals surface area (Å²) in [5.74, 6) is -1.15. The number of anilines is 1. The van der Waals surface area contributed by atoms with Gasteiger partial charge >= 0.3 is 12.1 Å². The predicted molar refractivity (Wildman–Crippen MR) is 176 cm³/mol. The molecule has 0 saturated heterocycles. The fourth-order valence-electron chi connectivity index (χ4n) is 4.74. The highest BCUT2D eigenvalue weighted by Crippen LogP contribution is 2.24. The fraction of sp³-hybridized carbons (Fsp3) is 0.152. The number of hydrogen-bond acceptors (Lipinski definition) is 10.